The molecule has 3 heteroatoms. The van der Waals surface area contributed by atoms with E-state index in [9.17, 15) is 0 Å². The third kappa shape index (κ3) is 4.55. The van der Waals surface area contributed by atoms with Crippen LogP contribution >= 0.6 is 12.4 Å². The first-order valence-corrected chi connectivity index (χ1v) is 7.01. The number of benzene rings is 1. The van der Waals surface area contributed by atoms with Crippen LogP contribution in [-0.2, 0) is 6.42 Å². The van der Waals surface area contributed by atoms with Crippen LogP contribution in [0.15, 0.2) is 34.7 Å². The molecule has 1 unspecified atom stereocenters. The van der Waals surface area contributed by atoms with Crippen LogP contribution in [0.1, 0.15) is 38.4 Å². The minimum atomic E-state index is 0. The van der Waals surface area contributed by atoms with Gasteiger partial charge in [0, 0.05) is 11.8 Å². The van der Waals surface area contributed by atoms with Gasteiger partial charge in [-0.3, -0.25) is 0 Å². The van der Waals surface area contributed by atoms with Gasteiger partial charge in [-0.25, -0.2) is 0 Å². The Kier molecular flexibility index (Phi) is 6.96. The SMILES string of the molecule is CCCC(CCCN)Cc1cc2ccccc2o1.Cl. The number of para-hydroxylation sites is 1. The van der Waals surface area contributed by atoms with Gasteiger partial charge in [0.15, 0.2) is 0 Å². The largest absolute Gasteiger partial charge is 0.461 e. The van der Waals surface area contributed by atoms with Crippen molar-refractivity contribution in [3.8, 4) is 0 Å². The molecule has 1 aromatic carbocycles. The topological polar surface area (TPSA) is 39.2 Å². The number of fused-ring (bicyclic) bond motifs is 1. The Morgan fingerprint density at radius 2 is 2.00 bits per heavy atom. The van der Waals surface area contributed by atoms with Crippen molar-refractivity contribution in [3.63, 3.8) is 0 Å². The average Bonchev–Trinajstić information content (AvgIpc) is 2.78. The molecule has 1 aromatic heterocycles. The monoisotopic (exact) mass is 281 g/mol. The van der Waals surface area contributed by atoms with Gasteiger partial charge < -0.3 is 10.2 Å². The fourth-order valence-corrected chi connectivity index (χ4v) is 2.59. The van der Waals surface area contributed by atoms with Crippen LogP contribution in [0.4, 0.5) is 0 Å². The molecule has 0 aliphatic carbocycles. The normalized spacial score (nSPS) is 12.3. The standard InChI is InChI=1S/C16H23NO.ClH/c1-2-6-13(7-5-10-17)11-15-12-14-8-3-4-9-16(14)18-15;/h3-4,8-9,12-13H,2,5-7,10-11,17H2,1H3;1H. The van der Waals surface area contributed by atoms with Crippen molar-refractivity contribution in [3.05, 3.63) is 36.1 Å². The van der Waals surface area contributed by atoms with E-state index in [1.165, 1.54) is 24.6 Å². The Hall–Kier alpha value is -0.990. The second-order valence-corrected chi connectivity index (χ2v) is 5.04. The van der Waals surface area contributed by atoms with E-state index in [0.29, 0.717) is 5.92 Å². The van der Waals surface area contributed by atoms with E-state index in [2.05, 4.69) is 25.1 Å². The van der Waals surface area contributed by atoms with E-state index in [1.54, 1.807) is 0 Å². The van der Waals surface area contributed by atoms with Gasteiger partial charge in [-0.05, 0) is 37.4 Å². The Balaban J connectivity index is 0.00000180. The summed E-state index contributed by atoms with van der Waals surface area (Å²) in [5.74, 6) is 1.82. The lowest BCUT2D eigenvalue weighted by atomic mass is 9.93. The Morgan fingerprint density at radius 3 is 2.68 bits per heavy atom. The first-order valence-electron chi connectivity index (χ1n) is 7.01. The Bertz CT molecular complexity index is 447. The molecular weight excluding hydrogens is 258 g/mol. The average molecular weight is 282 g/mol. The summed E-state index contributed by atoms with van der Waals surface area (Å²) < 4.78 is 5.89. The van der Waals surface area contributed by atoms with Gasteiger partial charge in [0.1, 0.15) is 11.3 Å². The van der Waals surface area contributed by atoms with E-state index >= 15 is 0 Å². The van der Waals surface area contributed by atoms with Crippen LogP contribution in [0.5, 0.6) is 0 Å². The van der Waals surface area contributed by atoms with E-state index in [0.717, 1.165) is 30.7 Å². The molecule has 0 aliphatic rings. The summed E-state index contributed by atoms with van der Waals surface area (Å²) >= 11 is 0. The van der Waals surface area contributed by atoms with E-state index in [4.69, 9.17) is 10.2 Å². The van der Waals surface area contributed by atoms with E-state index in [1.807, 2.05) is 12.1 Å². The predicted molar refractivity (Wildman–Crippen MR) is 83.9 cm³/mol. The highest BCUT2D eigenvalue weighted by atomic mass is 35.5. The summed E-state index contributed by atoms with van der Waals surface area (Å²) in [6.07, 6.45) is 5.86. The lowest BCUT2D eigenvalue weighted by Crippen LogP contribution is -2.07. The van der Waals surface area contributed by atoms with Crippen LogP contribution in [0.2, 0.25) is 0 Å². The van der Waals surface area contributed by atoms with Crippen LogP contribution in [0.3, 0.4) is 0 Å². The molecular formula is C16H24ClNO. The molecule has 0 radical (unpaired) electrons. The minimum absolute atomic E-state index is 0. The predicted octanol–water partition coefficient (Wildman–Crippen LogP) is 4.55. The molecule has 0 saturated heterocycles. The summed E-state index contributed by atoms with van der Waals surface area (Å²) in [6.45, 7) is 3.04. The Labute approximate surface area is 121 Å². The number of furan rings is 1. The van der Waals surface area contributed by atoms with Crippen molar-refractivity contribution in [2.75, 3.05) is 6.54 Å². The third-order valence-corrected chi connectivity index (χ3v) is 3.48. The molecule has 0 amide bonds. The van der Waals surface area contributed by atoms with Gasteiger partial charge in [0.25, 0.3) is 0 Å². The van der Waals surface area contributed by atoms with Crippen molar-refractivity contribution in [2.45, 2.75) is 39.0 Å². The number of halogens is 1. The molecule has 0 fully saturated rings. The van der Waals surface area contributed by atoms with E-state index in [-0.39, 0.29) is 12.4 Å². The van der Waals surface area contributed by atoms with Gasteiger partial charge in [0.2, 0.25) is 0 Å². The molecule has 2 nitrogen and oxygen atoms in total. The highest BCUT2D eigenvalue weighted by molar-refractivity contribution is 5.85. The quantitative estimate of drug-likeness (QED) is 0.808. The fourth-order valence-electron chi connectivity index (χ4n) is 2.59. The first-order chi connectivity index (χ1) is 8.83. The number of rotatable bonds is 7. The summed E-state index contributed by atoms with van der Waals surface area (Å²) in [5, 5.41) is 1.21. The van der Waals surface area contributed by atoms with Crippen molar-refractivity contribution >= 4 is 23.4 Å². The molecule has 2 rings (SSSR count). The molecule has 2 N–H and O–H groups in total. The number of hydrogen-bond donors (Lipinski definition) is 1. The summed E-state index contributed by atoms with van der Waals surface area (Å²) in [4.78, 5) is 0. The maximum atomic E-state index is 5.89. The fraction of sp³-hybridized carbons (Fsp3) is 0.500. The molecule has 0 spiro atoms. The molecule has 1 heterocycles. The maximum absolute atomic E-state index is 5.89. The zero-order valence-corrected chi connectivity index (χ0v) is 12.4. The molecule has 19 heavy (non-hydrogen) atoms. The number of nitrogens with two attached hydrogens (primary N) is 1. The number of hydrogen-bond acceptors (Lipinski definition) is 2. The highest BCUT2D eigenvalue weighted by Crippen LogP contribution is 2.24. The van der Waals surface area contributed by atoms with Gasteiger partial charge in [-0.2, -0.15) is 0 Å². The van der Waals surface area contributed by atoms with Crippen LogP contribution in [0.25, 0.3) is 11.0 Å². The van der Waals surface area contributed by atoms with E-state index < -0.39 is 0 Å². The lowest BCUT2D eigenvalue weighted by Gasteiger charge is -2.13. The van der Waals surface area contributed by atoms with Gasteiger partial charge in [-0.1, -0.05) is 38.0 Å². The summed E-state index contributed by atoms with van der Waals surface area (Å²) in [6, 6.07) is 10.4. The lowest BCUT2D eigenvalue weighted by molar-refractivity contribution is 0.396. The highest BCUT2D eigenvalue weighted by Gasteiger charge is 2.11. The zero-order chi connectivity index (χ0) is 12.8. The van der Waals surface area contributed by atoms with Crippen molar-refractivity contribution in [2.24, 2.45) is 11.7 Å². The van der Waals surface area contributed by atoms with Crippen molar-refractivity contribution < 1.29 is 4.42 Å². The molecule has 0 aliphatic heterocycles. The van der Waals surface area contributed by atoms with Gasteiger partial charge in [-0.15, -0.1) is 12.4 Å². The minimum Gasteiger partial charge on any atom is -0.461 e. The molecule has 106 valence electrons. The van der Waals surface area contributed by atoms with Crippen molar-refractivity contribution in [1.29, 1.82) is 0 Å². The van der Waals surface area contributed by atoms with Crippen LogP contribution in [-0.4, -0.2) is 6.54 Å². The molecule has 0 bridgehead atoms. The van der Waals surface area contributed by atoms with Gasteiger partial charge >= 0.3 is 0 Å². The molecule has 1 atom stereocenters. The van der Waals surface area contributed by atoms with Crippen LogP contribution < -0.4 is 5.73 Å². The van der Waals surface area contributed by atoms with Crippen LogP contribution in [0, 0.1) is 5.92 Å². The third-order valence-electron chi connectivity index (χ3n) is 3.48. The second-order valence-electron chi connectivity index (χ2n) is 5.04. The maximum Gasteiger partial charge on any atom is 0.134 e. The van der Waals surface area contributed by atoms with Crippen molar-refractivity contribution in [1.82, 2.24) is 0 Å². The smallest absolute Gasteiger partial charge is 0.134 e. The summed E-state index contributed by atoms with van der Waals surface area (Å²) in [7, 11) is 0. The summed E-state index contributed by atoms with van der Waals surface area (Å²) in [5.41, 5.74) is 6.61. The van der Waals surface area contributed by atoms with Gasteiger partial charge in [0.05, 0.1) is 0 Å². The molecule has 2 aromatic rings. The Morgan fingerprint density at radius 1 is 1.21 bits per heavy atom. The second kappa shape index (κ2) is 8.23. The first kappa shape index (κ1) is 16.1. The zero-order valence-electron chi connectivity index (χ0n) is 11.6. The molecule has 0 saturated carbocycles.